The van der Waals surface area contributed by atoms with Gasteiger partial charge in [0.05, 0.1) is 6.61 Å². The first-order valence-electron chi connectivity index (χ1n) is 7.04. The van der Waals surface area contributed by atoms with Crippen LogP contribution in [0.3, 0.4) is 0 Å². The van der Waals surface area contributed by atoms with Crippen LogP contribution in [0.5, 0.6) is 0 Å². The maximum absolute atomic E-state index is 12.2. The lowest BCUT2D eigenvalue weighted by Gasteiger charge is -2.21. The molecular weight excluding hydrogens is 272 g/mol. The van der Waals surface area contributed by atoms with Crippen LogP contribution in [0.15, 0.2) is 22.7 Å². The minimum Gasteiger partial charge on any atom is -0.422 e. The summed E-state index contributed by atoms with van der Waals surface area (Å²) in [5.74, 6) is -0.0141. The van der Waals surface area contributed by atoms with Crippen LogP contribution in [0, 0.1) is 0 Å². The van der Waals surface area contributed by atoms with E-state index in [2.05, 4.69) is 15.3 Å². The highest BCUT2D eigenvalue weighted by molar-refractivity contribution is 5.85. The van der Waals surface area contributed by atoms with E-state index in [0.29, 0.717) is 30.4 Å². The van der Waals surface area contributed by atoms with E-state index in [1.807, 2.05) is 11.0 Å². The van der Waals surface area contributed by atoms with Crippen molar-refractivity contribution >= 4 is 23.2 Å². The zero-order chi connectivity index (χ0) is 14.7. The van der Waals surface area contributed by atoms with Gasteiger partial charge in [0.1, 0.15) is 6.04 Å². The molecule has 0 saturated carbocycles. The number of nitrogens with one attached hydrogen (secondary N) is 1. The maximum atomic E-state index is 12.2. The number of ether oxygens (including phenoxy) is 1. The molecule has 112 valence electrons. The molecule has 0 spiro atoms. The fraction of sp³-hybridized carbons (Fsp3) is 0.500. The van der Waals surface area contributed by atoms with Crippen molar-refractivity contribution in [2.24, 2.45) is 0 Å². The van der Waals surface area contributed by atoms with Gasteiger partial charge in [-0.1, -0.05) is 0 Å². The van der Waals surface area contributed by atoms with Crippen molar-refractivity contribution in [2.45, 2.75) is 18.9 Å². The van der Waals surface area contributed by atoms with E-state index in [-0.39, 0.29) is 11.9 Å². The lowest BCUT2D eigenvalue weighted by Crippen LogP contribution is -2.44. The summed E-state index contributed by atoms with van der Waals surface area (Å²) in [5, 5.41) is 2.87. The Bertz CT molecular complexity index is 594. The third kappa shape index (κ3) is 2.82. The average Bonchev–Trinajstić information content (AvgIpc) is 3.13. The van der Waals surface area contributed by atoms with E-state index < -0.39 is 0 Å². The third-order valence-corrected chi connectivity index (χ3v) is 3.56. The summed E-state index contributed by atoms with van der Waals surface area (Å²) in [6.07, 6.45) is 3.41. The lowest BCUT2D eigenvalue weighted by atomic mass is 10.2. The highest BCUT2D eigenvalue weighted by Crippen LogP contribution is 2.27. The van der Waals surface area contributed by atoms with Crippen molar-refractivity contribution < 1.29 is 13.9 Å². The molecular formula is C14H18N4O3. The number of oxazole rings is 1. The molecule has 2 aromatic heterocycles. The van der Waals surface area contributed by atoms with Gasteiger partial charge in [-0.15, -0.1) is 0 Å². The van der Waals surface area contributed by atoms with Gasteiger partial charge in [-0.2, -0.15) is 4.98 Å². The number of anilines is 1. The first-order valence-corrected chi connectivity index (χ1v) is 7.04. The third-order valence-electron chi connectivity index (χ3n) is 3.56. The summed E-state index contributed by atoms with van der Waals surface area (Å²) < 4.78 is 10.6. The Hall–Kier alpha value is -2.15. The number of carbonyl (C=O) groups excluding carboxylic acids is 1. The van der Waals surface area contributed by atoms with Crippen LogP contribution in [0.2, 0.25) is 0 Å². The molecule has 7 nitrogen and oxygen atoms in total. The zero-order valence-electron chi connectivity index (χ0n) is 11.9. The van der Waals surface area contributed by atoms with Crippen molar-refractivity contribution in [3.63, 3.8) is 0 Å². The fourth-order valence-electron chi connectivity index (χ4n) is 2.54. The Morgan fingerprint density at radius 1 is 1.62 bits per heavy atom. The molecule has 2 aromatic rings. The Labute approximate surface area is 122 Å². The van der Waals surface area contributed by atoms with Crippen LogP contribution in [-0.2, 0) is 9.53 Å². The van der Waals surface area contributed by atoms with Gasteiger partial charge < -0.3 is 19.4 Å². The minimum atomic E-state index is -0.241. The van der Waals surface area contributed by atoms with Gasteiger partial charge >= 0.3 is 6.01 Å². The molecule has 3 heterocycles. The fourth-order valence-corrected chi connectivity index (χ4v) is 2.54. The van der Waals surface area contributed by atoms with Crippen LogP contribution in [-0.4, -0.2) is 48.7 Å². The first kappa shape index (κ1) is 13.8. The van der Waals surface area contributed by atoms with Gasteiger partial charge in [0.15, 0.2) is 5.58 Å². The van der Waals surface area contributed by atoms with Crippen LogP contribution in [0.25, 0.3) is 11.2 Å². The average molecular weight is 290 g/mol. The number of aromatic nitrogens is 2. The second-order valence-electron chi connectivity index (χ2n) is 4.96. The summed E-state index contributed by atoms with van der Waals surface area (Å²) in [4.78, 5) is 22.7. The lowest BCUT2D eigenvalue weighted by molar-refractivity contribution is -0.122. The monoisotopic (exact) mass is 290 g/mol. The summed E-state index contributed by atoms with van der Waals surface area (Å²) in [7, 11) is 1.61. The molecule has 0 bridgehead atoms. The van der Waals surface area contributed by atoms with Gasteiger partial charge in [-0.3, -0.25) is 4.79 Å². The molecule has 1 amide bonds. The standard InChI is InChI=1S/C14H18N4O3/c1-20-9-7-16-13(19)10-4-3-8-18(10)14-17-12-11(21-14)5-2-6-15-12/h2,5-6,10H,3-4,7-9H2,1H3,(H,16,19). The van der Waals surface area contributed by atoms with E-state index >= 15 is 0 Å². The Balaban J connectivity index is 1.75. The van der Waals surface area contributed by atoms with E-state index in [1.54, 1.807) is 19.4 Å². The van der Waals surface area contributed by atoms with Crippen molar-refractivity contribution in [1.29, 1.82) is 0 Å². The molecule has 1 aliphatic rings. The SMILES string of the molecule is COCCNC(=O)C1CCCN1c1nc2ncccc2o1. The molecule has 1 aliphatic heterocycles. The van der Waals surface area contributed by atoms with E-state index in [9.17, 15) is 4.79 Å². The number of amides is 1. The number of hydrogen-bond donors (Lipinski definition) is 1. The first-order chi connectivity index (χ1) is 10.3. The predicted octanol–water partition coefficient (Wildman–Crippen LogP) is 0.954. The van der Waals surface area contributed by atoms with Gasteiger partial charge in [0.25, 0.3) is 0 Å². The van der Waals surface area contributed by atoms with Gasteiger partial charge in [0, 0.05) is 26.4 Å². The van der Waals surface area contributed by atoms with Crippen molar-refractivity contribution in [2.75, 3.05) is 31.7 Å². The predicted molar refractivity (Wildman–Crippen MR) is 77.1 cm³/mol. The zero-order valence-corrected chi connectivity index (χ0v) is 11.9. The van der Waals surface area contributed by atoms with Crippen molar-refractivity contribution in [3.05, 3.63) is 18.3 Å². The van der Waals surface area contributed by atoms with E-state index in [4.69, 9.17) is 9.15 Å². The summed E-state index contributed by atoms with van der Waals surface area (Å²) in [5.41, 5.74) is 1.20. The topological polar surface area (TPSA) is 80.5 Å². The number of pyridine rings is 1. The second-order valence-corrected chi connectivity index (χ2v) is 4.96. The Kier molecular flexibility index (Phi) is 4.01. The van der Waals surface area contributed by atoms with Gasteiger partial charge in [-0.05, 0) is 25.0 Å². The van der Waals surface area contributed by atoms with E-state index in [1.165, 1.54) is 0 Å². The molecule has 21 heavy (non-hydrogen) atoms. The molecule has 0 aromatic carbocycles. The number of fused-ring (bicyclic) bond motifs is 1. The molecule has 0 radical (unpaired) electrons. The normalized spacial score (nSPS) is 18.3. The quantitative estimate of drug-likeness (QED) is 0.826. The molecule has 1 unspecified atom stereocenters. The summed E-state index contributed by atoms with van der Waals surface area (Å²) in [6, 6.07) is 3.85. The van der Waals surface area contributed by atoms with Crippen LogP contribution >= 0.6 is 0 Å². The van der Waals surface area contributed by atoms with Crippen molar-refractivity contribution in [1.82, 2.24) is 15.3 Å². The highest BCUT2D eigenvalue weighted by Gasteiger charge is 2.33. The minimum absolute atomic E-state index is 0.0141. The number of hydrogen-bond acceptors (Lipinski definition) is 6. The van der Waals surface area contributed by atoms with Crippen LogP contribution < -0.4 is 10.2 Å². The molecule has 1 atom stereocenters. The Morgan fingerprint density at radius 3 is 3.33 bits per heavy atom. The molecule has 7 heteroatoms. The number of nitrogens with zero attached hydrogens (tertiary/aromatic N) is 3. The summed E-state index contributed by atoms with van der Waals surface area (Å²) >= 11 is 0. The van der Waals surface area contributed by atoms with Gasteiger partial charge in [-0.25, -0.2) is 4.98 Å². The van der Waals surface area contributed by atoms with Crippen LogP contribution in [0.4, 0.5) is 6.01 Å². The molecule has 1 N–H and O–H groups in total. The molecule has 0 aliphatic carbocycles. The largest absolute Gasteiger partial charge is 0.422 e. The maximum Gasteiger partial charge on any atom is 0.300 e. The Morgan fingerprint density at radius 2 is 2.52 bits per heavy atom. The molecule has 1 fully saturated rings. The number of carbonyl (C=O) groups is 1. The number of rotatable bonds is 5. The summed E-state index contributed by atoms with van der Waals surface area (Å²) in [6.45, 7) is 1.77. The van der Waals surface area contributed by atoms with Crippen molar-refractivity contribution in [3.8, 4) is 0 Å². The van der Waals surface area contributed by atoms with E-state index in [0.717, 1.165) is 19.4 Å². The highest BCUT2D eigenvalue weighted by atomic mass is 16.5. The second kappa shape index (κ2) is 6.09. The van der Waals surface area contributed by atoms with Gasteiger partial charge in [0.2, 0.25) is 11.6 Å². The number of methoxy groups -OCH3 is 1. The smallest absolute Gasteiger partial charge is 0.300 e. The van der Waals surface area contributed by atoms with Crippen LogP contribution in [0.1, 0.15) is 12.8 Å². The molecule has 3 rings (SSSR count). The molecule has 1 saturated heterocycles.